The van der Waals surface area contributed by atoms with E-state index in [0.29, 0.717) is 13.1 Å². The minimum absolute atomic E-state index is 0.0783. The first-order valence-electron chi connectivity index (χ1n) is 9.64. The molecule has 0 atom stereocenters. The molecule has 2 aromatic rings. The summed E-state index contributed by atoms with van der Waals surface area (Å²) in [6.07, 6.45) is 7.35. The fraction of sp³-hybridized carbons (Fsp3) is 0.450. The second-order valence-electron chi connectivity index (χ2n) is 6.96. The zero-order valence-electron chi connectivity index (χ0n) is 15.5. The van der Waals surface area contributed by atoms with Gasteiger partial charge in [-0.1, -0.05) is 6.07 Å². The average Bonchev–Trinajstić information content (AvgIpc) is 3.27. The summed E-state index contributed by atoms with van der Waals surface area (Å²) in [5.41, 5.74) is 0. The highest BCUT2D eigenvalue weighted by atomic mass is 32.1. The van der Waals surface area contributed by atoms with Crippen molar-refractivity contribution < 1.29 is 4.79 Å². The van der Waals surface area contributed by atoms with Crippen LogP contribution in [0.1, 0.15) is 24.1 Å². The summed E-state index contributed by atoms with van der Waals surface area (Å²) >= 11 is 1.64. The second-order valence-corrected chi connectivity index (χ2v) is 7.94. The Morgan fingerprint density at radius 3 is 2.15 bits per heavy atom. The topological polar surface area (TPSA) is 52.6 Å². The van der Waals surface area contributed by atoms with Crippen LogP contribution in [0.25, 0.3) is 6.08 Å². The van der Waals surface area contributed by atoms with Crippen LogP contribution in [0.4, 0.5) is 11.6 Å². The van der Waals surface area contributed by atoms with E-state index in [1.165, 1.54) is 19.3 Å². The lowest BCUT2D eigenvalue weighted by molar-refractivity contribution is -0.126. The lowest BCUT2D eigenvalue weighted by atomic mass is 10.1. The number of anilines is 2. The zero-order chi connectivity index (χ0) is 18.5. The van der Waals surface area contributed by atoms with Gasteiger partial charge in [0.15, 0.2) is 11.6 Å². The van der Waals surface area contributed by atoms with Crippen molar-refractivity contribution in [3.63, 3.8) is 0 Å². The van der Waals surface area contributed by atoms with Crippen LogP contribution >= 0.6 is 11.3 Å². The molecular weight excluding hydrogens is 358 g/mol. The van der Waals surface area contributed by atoms with Gasteiger partial charge in [0.1, 0.15) is 0 Å². The van der Waals surface area contributed by atoms with Crippen molar-refractivity contribution in [3.8, 4) is 0 Å². The number of carbonyl (C=O) groups is 1. The third kappa shape index (κ3) is 4.47. The van der Waals surface area contributed by atoms with Crippen molar-refractivity contribution >= 4 is 35.0 Å². The molecule has 0 aromatic carbocycles. The largest absolute Gasteiger partial charge is 0.355 e. The summed E-state index contributed by atoms with van der Waals surface area (Å²) in [7, 11) is 0. The normalized spacial score (nSPS) is 18.3. The predicted octanol–water partition coefficient (Wildman–Crippen LogP) is 2.89. The number of hydrogen-bond donors (Lipinski definition) is 0. The Morgan fingerprint density at radius 1 is 0.889 bits per heavy atom. The monoisotopic (exact) mass is 383 g/mol. The van der Waals surface area contributed by atoms with Gasteiger partial charge < -0.3 is 14.7 Å². The van der Waals surface area contributed by atoms with Gasteiger partial charge >= 0.3 is 0 Å². The maximum absolute atomic E-state index is 12.3. The van der Waals surface area contributed by atoms with Gasteiger partial charge in [0.05, 0.1) is 0 Å². The molecule has 0 radical (unpaired) electrons. The molecule has 0 saturated carbocycles. The molecule has 2 aliphatic heterocycles. The maximum atomic E-state index is 12.3. The van der Waals surface area contributed by atoms with Crippen LogP contribution in [0.15, 0.2) is 35.7 Å². The Morgan fingerprint density at radius 2 is 1.56 bits per heavy atom. The van der Waals surface area contributed by atoms with E-state index >= 15 is 0 Å². The molecule has 142 valence electrons. The van der Waals surface area contributed by atoms with E-state index in [4.69, 9.17) is 0 Å². The Hall–Kier alpha value is -2.41. The third-order valence-corrected chi connectivity index (χ3v) is 6.00. The molecule has 2 fully saturated rings. The Bertz CT molecular complexity index is 760. The molecule has 7 heteroatoms. The lowest BCUT2D eigenvalue weighted by Gasteiger charge is -2.35. The van der Waals surface area contributed by atoms with E-state index < -0.39 is 0 Å². The first-order valence-corrected chi connectivity index (χ1v) is 10.5. The summed E-state index contributed by atoms with van der Waals surface area (Å²) in [4.78, 5) is 19.9. The predicted molar refractivity (Wildman–Crippen MR) is 110 cm³/mol. The number of piperidine rings is 1. The number of hydrogen-bond acceptors (Lipinski definition) is 6. The molecule has 4 rings (SSSR count). The maximum Gasteiger partial charge on any atom is 0.246 e. The molecular formula is C20H25N5OS. The first kappa shape index (κ1) is 18.0. The average molecular weight is 384 g/mol. The Balaban J connectivity index is 1.30. The number of amides is 1. The van der Waals surface area contributed by atoms with Crippen molar-refractivity contribution in [2.75, 3.05) is 49.1 Å². The second kappa shape index (κ2) is 8.52. The highest BCUT2D eigenvalue weighted by Crippen LogP contribution is 2.20. The zero-order valence-corrected chi connectivity index (χ0v) is 16.3. The quantitative estimate of drug-likeness (QED) is 0.760. The molecule has 2 saturated heterocycles. The van der Waals surface area contributed by atoms with E-state index in [-0.39, 0.29) is 5.91 Å². The molecule has 2 aromatic heterocycles. The molecule has 0 aliphatic carbocycles. The number of rotatable bonds is 4. The summed E-state index contributed by atoms with van der Waals surface area (Å²) in [5, 5.41) is 10.9. The minimum atomic E-state index is 0.0783. The number of nitrogens with zero attached hydrogens (tertiary/aromatic N) is 5. The summed E-state index contributed by atoms with van der Waals surface area (Å²) in [5.74, 6) is 1.96. The van der Waals surface area contributed by atoms with Gasteiger partial charge in [-0.05, 0) is 48.9 Å². The number of piperazine rings is 1. The highest BCUT2D eigenvalue weighted by molar-refractivity contribution is 7.10. The van der Waals surface area contributed by atoms with E-state index in [9.17, 15) is 4.79 Å². The van der Waals surface area contributed by atoms with Crippen LogP contribution in [0, 0.1) is 0 Å². The number of aromatic nitrogens is 2. The molecule has 4 heterocycles. The van der Waals surface area contributed by atoms with Gasteiger partial charge in [-0.2, -0.15) is 0 Å². The molecule has 0 spiro atoms. The molecule has 0 bridgehead atoms. The van der Waals surface area contributed by atoms with E-state index in [0.717, 1.165) is 42.7 Å². The fourth-order valence-electron chi connectivity index (χ4n) is 3.58. The smallest absolute Gasteiger partial charge is 0.246 e. The van der Waals surface area contributed by atoms with Crippen molar-refractivity contribution in [3.05, 3.63) is 40.6 Å². The van der Waals surface area contributed by atoms with Crippen LogP contribution in [0.2, 0.25) is 0 Å². The molecule has 6 nitrogen and oxygen atoms in total. The van der Waals surface area contributed by atoms with Gasteiger partial charge in [0.2, 0.25) is 5.91 Å². The van der Waals surface area contributed by atoms with E-state index in [1.807, 2.05) is 28.5 Å². The molecule has 2 aliphatic rings. The van der Waals surface area contributed by atoms with Crippen LogP contribution in [-0.2, 0) is 4.79 Å². The van der Waals surface area contributed by atoms with E-state index in [1.54, 1.807) is 17.4 Å². The Kier molecular flexibility index (Phi) is 5.67. The van der Waals surface area contributed by atoms with Gasteiger partial charge in [-0.15, -0.1) is 21.5 Å². The summed E-state index contributed by atoms with van der Waals surface area (Å²) in [6, 6.07) is 8.14. The third-order valence-electron chi connectivity index (χ3n) is 5.17. The van der Waals surface area contributed by atoms with Crippen LogP contribution < -0.4 is 9.80 Å². The fourth-order valence-corrected chi connectivity index (χ4v) is 4.20. The molecule has 0 N–H and O–H groups in total. The van der Waals surface area contributed by atoms with Gasteiger partial charge in [-0.3, -0.25) is 4.79 Å². The van der Waals surface area contributed by atoms with Crippen molar-refractivity contribution in [1.29, 1.82) is 0 Å². The van der Waals surface area contributed by atoms with Crippen LogP contribution in [0.3, 0.4) is 0 Å². The van der Waals surface area contributed by atoms with Gasteiger partial charge in [-0.25, -0.2) is 0 Å². The SMILES string of the molecule is O=C(/C=C/c1cccs1)N1CCN(c2ccc(N3CCCCC3)nn2)CC1. The molecule has 27 heavy (non-hydrogen) atoms. The number of thiophene rings is 1. The standard InChI is InChI=1S/C20H25N5OS/c26-20(9-6-17-5-4-16-27-17)25-14-12-24(13-15-25)19-8-7-18(21-22-19)23-10-2-1-3-11-23/h4-9,16H,1-3,10-15H2/b9-6+. The molecule has 1 amide bonds. The van der Waals surface area contributed by atoms with Crippen molar-refractivity contribution in [2.45, 2.75) is 19.3 Å². The lowest BCUT2D eigenvalue weighted by Crippen LogP contribution is -2.48. The van der Waals surface area contributed by atoms with Crippen LogP contribution in [0.5, 0.6) is 0 Å². The van der Waals surface area contributed by atoms with Gasteiger partial charge in [0, 0.05) is 50.2 Å². The molecule has 0 unspecified atom stereocenters. The minimum Gasteiger partial charge on any atom is -0.355 e. The van der Waals surface area contributed by atoms with Crippen molar-refractivity contribution in [2.24, 2.45) is 0 Å². The van der Waals surface area contributed by atoms with Crippen LogP contribution in [-0.4, -0.2) is 60.3 Å². The summed E-state index contributed by atoms with van der Waals surface area (Å²) in [6.45, 7) is 5.15. The summed E-state index contributed by atoms with van der Waals surface area (Å²) < 4.78 is 0. The highest BCUT2D eigenvalue weighted by Gasteiger charge is 2.21. The van der Waals surface area contributed by atoms with Crippen molar-refractivity contribution in [1.82, 2.24) is 15.1 Å². The van der Waals surface area contributed by atoms with Gasteiger partial charge in [0.25, 0.3) is 0 Å². The number of carbonyl (C=O) groups excluding carboxylic acids is 1. The van der Waals surface area contributed by atoms with E-state index in [2.05, 4.69) is 32.1 Å². The first-order chi connectivity index (χ1) is 13.3. The Labute approximate surface area is 164 Å².